The van der Waals surface area contributed by atoms with Crippen LogP contribution in [0.25, 0.3) is 0 Å². The summed E-state index contributed by atoms with van der Waals surface area (Å²) >= 11 is 0. The maximum atomic E-state index is 13.6. The SMILES string of the molecule is CCCCCCCCOP(=O)(F)N(CC)CC. The molecule has 1 atom stereocenters. The van der Waals surface area contributed by atoms with Crippen LogP contribution in [0.3, 0.4) is 0 Å². The molecule has 0 aromatic carbocycles. The smallest absolute Gasteiger partial charge is 0.293 e. The number of unbranched alkanes of at least 4 members (excludes halogenated alkanes) is 5. The van der Waals surface area contributed by atoms with Gasteiger partial charge in [-0.15, -0.1) is 4.20 Å². The highest BCUT2D eigenvalue weighted by molar-refractivity contribution is 7.50. The largest absolute Gasteiger partial charge is 0.445 e. The third kappa shape index (κ3) is 7.91. The van der Waals surface area contributed by atoms with Crippen molar-refractivity contribution < 1.29 is 13.3 Å². The van der Waals surface area contributed by atoms with Gasteiger partial charge >= 0.3 is 7.83 Å². The van der Waals surface area contributed by atoms with E-state index in [1.807, 2.05) is 0 Å². The summed E-state index contributed by atoms with van der Waals surface area (Å²) in [6, 6.07) is 0. The summed E-state index contributed by atoms with van der Waals surface area (Å²) < 4.78 is 31.3. The van der Waals surface area contributed by atoms with Crippen LogP contribution in [0.5, 0.6) is 0 Å². The van der Waals surface area contributed by atoms with E-state index in [1.165, 1.54) is 23.9 Å². The molecule has 0 amide bonds. The van der Waals surface area contributed by atoms with Gasteiger partial charge in [-0.25, -0.2) is 9.24 Å². The topological polar surface area (TPSA) is 29.5 Å². The van der Waals surface area contributed by atoms with Gasteiger partial charge in [-0.3, -0.25) is 4.52 Å². The summed E-state index contributed by atoms with van der Waals surface area (Å²) in [6.07, 6.45) is 6.66. The Morgan fingerprint density at radius 2 is 1.53 bits per heavy atom. The first-order valence-corrected chi connectivity index (χ1v) is 8.24. The van der Waals surface area contributed by atoms with Crippen LogP contribution >= 0.6 is 7.83 Å². The molecule has 0 aromatic heterocycles. The van der Waals surface area contributed by atoms with Gasteiger partial charge < -0.3 is 0 Å². The molecule has 0 bridgehead atoms. The van der Waals surface area contributed by atoms with Crippen LogP contribution < -0.4 is 0 Å². The number of hydrogen-bond acceptors (Lipinski definition) is 2. The summed E-state index contributed by atoms with van der Waals surface area (Å²) in [5.41, 5.74) is 0. The number of rotatable bonds is 11. The minimum Gasteiger partial charge on any atom is -0.293 e. The maximum Gasteiger partial charge on any atom is 0.445 e. The van der Waals surface area contributed by atoms with Crippen molar-refractivity contribution in [2.45, 2.75) is 59.3 Å². The van der Waals surface area contributed by atoms with Crippen LogP contribution in [0.1, 0.15) is 59.3 Å². The summed E-state index contributed by atoms with van der Waals surface area (Å²) in [4.78, 5) is 0. The molecule has 0 spiro atoms. The predicted molar refractivity (Wildman–Crippen MR) is 71.0 cm³/mol. The van der Waals surface area contributed by atoms with E-state index in [1.54, 1.807) is 13.8 Å². The molecule has 0 aromatic rings. The van der Waals surface area contributed by atoms with Crippen molar-refractivity contribution in [1.82, 2.24) is 4.67 Å². The van der Waals surface area contributed by atoms with Gasteiger partial charge in [0.2, 0.25) is 0 Å². The molecule has 1 unspecified atom stereocenters. The van der Waals surface area contributed by atoms with Crippen molar-refractivity contribution in [3.8, 4) is 0 Å². The average Bonchev–Trinajstić information content (AvgIpc) is 2.29. The lowest BCUT2D eigenvalue weighted by atomic mass is 10.1. The van der Waals surface area contributed by atoms with Crippen LogP contribution in [0.15, 0.2) is 0 Å². The quantitative estimate of drug-likeness (QED) is 0.398. The Labute approximate surface area is 105 Å². The zero-order valence-electron chi connectivity index (χ0n) is 11.5. The Hall–Kier alpha value is 0.0800. The van der Waals surface area contributed by atoms with E-state index in [2.05, 4.69) is 6.92 Å². The molecule has 0 heterocycles. The van der Waals surface area contributed by atoms with Crippen molar-refractivity contribution in [2.24, 2.45) is 0 Å². The van der Waals surface area contributed by atoms with E-state index in [-0.39, 0.29) is 6.61 Å². The summed E-state index contributed by atoms with van der Waals surface area (Å²) in [7, 11) is -4.03. The van der Waals surface area contributed by atoms with Gasteiger partial charge in [0, 0.05) is 13.1 Å². The van der Waals surface area contributed by atoms with E-state index in [4.69, 9.17) is 4.52 Å². The number of halogens is 1. The first-order chi connectivity index (χ1) is 8.08. The van der Waals surface area contributed by atoms with Gasteiger partial charge in [0.1, 0.15) is 0 Å². The minimum absolute atomic E-state index is 0.260. The summed E-state index contributed by atoms with van der Waals surface area (Å²) in [5.74, 6) is 0. The lowest BCUT2D eigenvalue weighted by Crippen LogP contribution is -2.19. The Morgan fingerprint density at radius 1 is 1.00 bits per heavy atom. The minimum atomic E-state index is -4.03. The van der Waals surface area contributed by atoms with Crippen molar-refractivity contribution in [2.75, 3.05) is 19.7 Å². The zero-order valence-corrected chi connectivity index (χ0v) is 12.3. The second-order valence-electron chi connectivity index (χ2n) is 4.19. The fraction of sp³-hybridized carbons (Fsp3) is 1.00. The molecule has 0 fully saturated rings. The van der Waals surface area contributed by atoms with Crippen molar-refractivity contribution in [3.63, 3.8) is 0 Å². The first-order valence-electron chi connectivity index (χ1n) is 6.78. The number of hydrogen-bond donors (Lipinski definition) is 0. The molecule has 0 aliphatic carbocycles. The normalized spacial score (nSPS) is 15.1. The van der Waals surface area contributed by atoms with Gasteiger partial charge in [-0.2, -0.15) is 0 Å². The van der Waals surface area contributed by atoms with Crippen LogP contribution in [-0.2, 0) is 9.09 Å². The van der Waals surface area contributed by atoms with Gasteiger partial charge in [0.25, 0.3) is 0 Å². The standard InChI is InChI=1S/C12H27FNO2P/c1-4-7-8-9-10-11-12-16-17(13,15)14(5-2)6-3/h4-12H2,1-3H3. The molecule has 0 radical (unpaired) electrons. The third-order valence-electron chi connectivity index (χ3n) is 2.82. The van der Waals surface area contributed by atoms with Crippen LogP contribution in [0.4, 0.5) is 4.20 Å². The first kappa shape index (κ1) is 17.1. The Morgan fingerprint density at radius 3 is 2.06 bits per heavy atom. The van der Waals surface area contributed by atoms with Gasteiger partial charge in [-0.05, 0) is 6.42 Å². The highest BCUT2D eigenvalue weighted by Crippen LogP contribution is 2.52. The molecular weight excluding hydrogens is 240 g/mol. The Bertz CT molecular complexity index is 223. The maximum absolute atomic E-state index is 13.6. The molecular formula is C12H27FNO2P. The van der Waals surface area contributed by atoms with Gasteiger partial charge in [0.15, 0.2) is 0 Å². The van der Waals surface area contributed by atoms with Crippen LogP contribution in [0, 0.1) is 0 Å². The Kier molecular flexibility index (Phi) is 10.1. The molecule has 17 heavy (non-hydrogen) atoms. The van der Waals surface area contributed by atoms with E-state index in [9.17, 15) is 8.76 Å². The van der Waals surface area contributed by atoms with Crippen molar-refractivity contribution in [1.29, 1.82) is 0 Å². The fourth-order valence-electron chi connectivity index (χ4n) is 1.70. The molecule has 0 aliphatic rings. The molecule has 0 saturated carbocycles. The van der Waals surface area contributed by atoms with Crippen molar-refractivity contribution in [3.05, 3.63) is 0 Å². The second kappa shape index (κ2) is 10.0. The lowest BCUT2D eigenvalue weighted by Gasteiger charge is -2.21. The average molecular weight is 267 g/mol. The van der Waals surface area contributed by atoms with E-state index < -0.39 is 7.83 Å². The molecule has 0 N–H and O–H groups in total. The highest BCUT2D eigenvalue weighted by atomic mass is 31.2. The monoisotopic (exact) mass is 267 g/mol. The van der Waals surface area contributed by atoms with Crippen LogP contribution in [-0.4, -0.2) is 24.4 Å². The zero-order chi connectivity index (χ0) is 13.1. The third-order valence-corrected chi connectivity index (χ3v) is 4.56. The highest BCUT2D eigenvalue weighted by Gasteiger charge is 2.29. The van der Waals surface area contributed by atoms with Gasteiger partial charge in [-0.1, -0.05) is 52.9 Å². The molecule has 5 heteroatoms. The molecule has 0 rings (SSSR count). The summed E-state index contributed by atoms with van der Waals surface area (Å²) in [5, 5.41) is 0. The van der Waals surface area contributed by atoms with E-state index in [0.29, 0.717) is 13.1 Å². The fourth-order valence-corrected chi connectivity index (χ4v) is 2.90. The van der Waals surface area contributed by atoms with Gasteiger partial charge in [0.05, 0.1) is 6.61 Å². The van der Waals surface area contributed by atoms with Crippen molar-refractivity contribution >= 4 is 7.83 Å². The summed E-state index contributed by atoms with van der Waals surface area (Å²) in [6.45, 7) is 6.83. The lowest BCUT2D eigenvalue weighted by molar-refractivity contribution is 0.229. The number of nitrogens with zero attached hydrogens (tertiary/aromatic N) is 1. The predicted octanol–water partition coefficient (Wildman–Crippen LogP) is 4.78. The van der Waals surface area contributed by atoms with E-state index >= 15 is 0 Å². The van der Waals surface area contributed by atoms with Crippen LogP contribution in [0.2, 0.25) is 0 Å². The molecule has 104 valence electrons. The molecule has 0 saturated heterocycles. The molecule has 0 aliphatic heterocycles. The Balaban J connectivity index is 3.62. The second-order valence-corrected chi connectivity index (χ2v) is 5.92. The molecule has 3 nitrogen and oxygen atoms in total. The van der Waals surface area contributed by atoms with E-state index in [0.717, 1.165) is 19.3 Å².